The van der Waals surface area contributed by atoms with Gasteiger partial charge in [-0.15, -0.1) is 0 Å². The number of carbonyl (C=O) groups excluding carboxylic acids is 1. The molecular formula is C11H10BrClFNO3S. The van der Waals surface area contributed by atoms with Crippen LogP contribution in [0.5, 0.6) is 0 Å². The summed E-state index contributed by atoms with van der Waals surface area (Å²) in [6, 6.07) is 4.44. The molecule has 1 aromatic carbocycles. The minimum Gasteiger partial charge on any atom is -0.273 e. The molecule has 104 valence electrons. The second-order valence-electron chi connectivity index (χ2n) is 4.57. The van der Waals surface area contributed by atoms with Gasteiger partial charge in [-0.2, -0.15) is 0 Å². The molecule has 8 heteroatoms. The normalized spacial score (nSPS) is 26.0. The predicted molar refractivity (Wildman–Crippen MR) is 72.1 cm³/mol. The molecule has 1 N–H and O–H groups in total. The summed E-state index contributed by atoms with van der Waals surface area (Å²) in [6.45, 7) is 1.38. The number of rotatable bonds is 3. The summed E-state index contributed by atoms with van der Waals surface area (Å²) in [7, 11) is -4.13. The van der Waals surface area contributed by atoms with Crippen molar-refractivity contribution in [2.45, 2.75) is 24.4 Å². The Labute approximate surface area is 123 Å². The van der Waals surface area contributed by atoms with Crippen molar-refractivity contribution in [3.63, 3.8) is 0 Å². The van der Waals surface area contributed by atoms with Crippen molar-refractivity contribution in [3.8, 4) is 0 Å². The Hall–Kier alpha value is -0.660. The number of hydrogen-bond donors (Lipinski definition) is 1. The van der Waals surface area contributed by atoms with E-state index in [9.17, 15) is 17.6 Å². The van der Waals surface area contributed by atoms with Crippen molar-refractivity contribution in [1.82, 2.24) is 4.72 Å². The van der Waals surface area contributed by atoms with E-state index in [0.29, 0.717) is 0 Å². The third kappa shape index (κ3) is 2.64. The van der Waals surface area contributed by atoms with Crippen LogP contribution in [0.15, 0.2) is 27.6 Å². The van der Waals surface area contributed by atoms with Crippen molar-refractivity contribution in [2.75, 3.05) is 0 Å². The van der Waals surface area contributed by atoms with Crippen LogP contribution in [0.25, 0.3) is 0 Å². The standard InChI is InChI=1S/C11H10BrClFNO3S/c1-11(5-8(11)14)10(16)15-19(17,18)9-6(12)3-2-4-7(9)13/h2-4,8H,5H2,1H3,(H,15,16). The molecule has 0 aliphatic heterocycles. The molecule has 0 aromatic heterocycles. The number of hydrogen-bond acceptors (Lipinski definition) is 3. The van der Waals surface area contributed by atoms with E-state index < -0.39 is 27.5 Å². The summed E-state index contributed by atoms with van der Waals surface area (Å²) in [4.78, 5) is 11.5. The third-order valence-corrected chi connectivity index (χ3v) is 5.85. The van der Waals surface area contributed by atoms with E-state index in [-0.39, 0.29) is 20.8 Å². The topological polar surface area (TPSA) is 63.2 Å². The summed E-state index contributed by atoms with van der Waals surface area (Å²) >= 11 is 8.88. The summed E-state index contributed by atoms with van der Waals surface area (Å²) in [6.07, 6.45) is -1.28. The number of sulfonamides is 1. The van der Waals surface area contributed by atoms with E-state index in [1.165, 1.54) is 19.1 Å². The Morgan fingerprint density at radius 3 is 2.63 bits per heavy atom. The maximum absolute atomic E-state index is 13.1. The van der Waals surface area contributed by atoms with Gasteiger partial charge in [0.1, 0.15) is 11.1 Å². The Bertz CT molecular complexity index is 631. The van der Waals surface area contributed by atoms with Crippen LogP contribution in [0.4, 0.5) is 4.39 Å². The van der Waals surface area contributed by atoms with Gasteiger partial charge in [0, 0.05) is 4.47 Å². The first-order valence-corrected chi connectivity index (χ1v) is 7.99. The molecule has 1 amide bonds. The number of alkyl halides is 1. The van der Waals surface area contributed by atoms with Crippen molar-refractivity contribution in [2.24, 2.45) is 5.41 Å². The van der Waals surface area contributed by atoms with Gasteiger partial charge >= 0.3 is 0 Å². The highest BCUT2D eigenvalue weighted by Crippen LogP contribution is 2.48. The summed E-state index contributed by atoms with van der Waals surface area (Å²) < 4.78 is 39.3. The number of carbonyl (C=O) groups is 1. The van der Waals surface area contributed by atoms with E-state index in [4.69, 9.17) is 11.6 Å². The number of benzene rings is 1. The van der Waals surface area contributed by atoms with Crippen LogP contribution >= 0.6 is 27.5 Å². The first-order chi connectivity index (χ1) is 8.68. The molecule has 0 spiro atoms. The largest absolute Gasteiger partial charge is 0.273 e. The van der Waals surface area contributed by atoms with E-state index in [0.717, 1.165) is 0 Å². The highest BCUT2D eigenvalue weighted by molar-refractivity contribution is 9.10. The van der Waals surface area contributed by atoms with Crippen molar-refractivity contribution < 1.29 is 17.6 Å². The van der Waals surface area contributed by atoms with Crippen LogP contribution in [0, 0.1) is 5.41 Å². The first kappa shape index (κ1) is 14.7. The Balaban J connectivity index is 2.32. The van der Waals surface area contributed by atoms with Crippen molar-refractivity contribution >= 4 is 43.5 Å². The molecule has 2 rings (SSSR count). The van der Waals surface area contributed by atoms with Gasteiger partial charge in [-0.3, -0.25) is 4.79 Å². The molecular weight excluding hydrogens is 361 g/mol. The lowest BCUT2D eigenvalue weighted by molar-refractivity contribution is -0.124. The van der Waals surface area contributed by atoms with Gasteiger partial charge in [-0.25, -0.2) is 17.5 Å². The minimum absolute atomic E-state index is 0.0209. The molecule has 0 bridgehead atoms. The Kier molecular flexibility index (Phi) is 3.66. The van der Waals surface area contributed by atoms with Crippen LogP contribution < -0.4 is 4.72 Å². The predicted octanol–water partition coefficient (Wildman–Crippen LogP) is 2.66. The van der Waals surface area contributed by atoms with Crippen molar-refractivity contribution in [3.05, 3.63) is 27.7 Å². The van der Waals surface area contributed by atoms with Crippen molar-refractivity contribution in [1.29, 1.82) is 0 Å². The van der Waals surface area contributed by atoms with Gasteiger partial charge < -0.3 is 0 Å². The quantitative estimate of drug-likeness (QED) is 0.890. The summed E-state index contributed by atoms with van der Waals surface area (Å²) in [5.74, 6) is -0.855. The van der Waals surface area contributed by atoms with Gasteiger partial charge in [-0.1, -0.05) is 17.7 Å². The molecule has 1 aromatic rings. The molecule has 0 heterocycles. The third-order valence-electron chi connectivity index (χ3n) is 3.07. The van der Waals surface area contributed by atoms with Crippen LogP contribution in [0.1, 0.15) is 13.3 Å². The van der Waals surface area contributed by atoms with E-state index >= 15 is 0 Å². The van der Waals surface area contributed by atoms with E-state index in [1.807, 2.05) is 4.72 Å². The monoisotopic (exact) mass is 369 g/mol. The lowest BCUT2D eigenvalue weighted by Crippen LogP contribution is -2.37. The van der Waals surface area contributed by atoms with Gasteiger partial charge in [0.05, 0.1) is 10.4 Å². The number of nitrogens with one attached hydrogen (secondary N) is 1. The highest BCUT2D eigenvalue weighted by Gasteiger charge is 2.58. The maximum atomic E-state index is 13.1. The fourth-order valence-electron chi connectivity index (χ4n) is 1.58. The lowest BCUT2D eigenvalue weighted by atomic mass is 10.1. The average molecular weight is 371 g/mol. The molecule has 19 heavy (non-hydrogen) atoms. The molecule has 2 unspecified atom stereocenters. The van der Waals surface area contributed by atoms with E-state index in [1.54, 1.807) is 6.07 Å². The van der Waals surface area contributed by atoms with Gasteiger partial charge in [0.25, 0.3) is 10.0 Å². The zero-order valence-electron chi connectivity index (χ0n) is 9.78. The van der Waals surface area contributed by atoms with Gasteiger partial charge in [0.2, 0.25) is 5.91 Å². The second-order valence-corrected chi connectivity index (χ2v) is 7.46. The van der Waals surface area contributed by atoms with E-state index in [2.05, 4.69) is 15.9 Å². The van der Waals surface area contributed by atoms with Gasteiger partial charge in [-0.05, 0) is 41.4 Å². The van der Waals surface area contributed by atoms with Gasteiger partial charge in [0.15, 0.2) is 0 Å². The molecule has 1 saturated carbocycles. The van der Waals surface area contributed by atoms with Crippen LogP contribution in [0.3, 0.4) is 0 Å². The Morgan fingerprint density at radius 2 is 2.16 bits per heavy atom. The van der Waals surface area contributed by atoms with Crippen LogP contribution in [-0.2, 0) is 14.8 Å². The zero-order chi connectivity index (χ0) is 14.4. The lowest BCUT2D eigenvalue weighted by Gasteiger charge is -2.12. The molecule has 4 nitrogen and oxygen atoms in total. The maximum Gasteiger partial charge on any atom is 0.266 e. The highest BCUT2D eigenvalue weighted by atomic mass is 79.9. The molecule has 2 atom stereocenters. The smallest absolute Gasteiger partial charge is 0.266 e. The molecule has 0 radical (unpaired) electrons. The molecule has 1 fully saturated rings. The fourth-order valence-corrected chi connectivity index (χ4v) is 4.40. The molecule has 1 aliphatic carbocycles. The molecule has 1 aliphatic rings. The SMILES string of the molecule is CC1(C(=O)NS(=O)(=O)c2c(Cl)cccc2Br)CC1F. The minimum atomic E-state index is -4.13. The number of halogens is 3. The Morgan fingerprint density at radius 1 is 1.58 bits per heavy atom. The summed E-state index contributed by atoms with van der Waals surface area (Å²) in [5, 5.41) is -0.0209. The zero-order valence-corrected chi connectivity index (χ0v) is 12.9. The first-order valence-electron chi connectivity index (χ1n) is 5.34. The second kappa shape index (κ2) is 4.71. The fraction of sp³-hybridized carbons (Fsp3) is 0.364. The van der Waals surface area contributed by atoms with Crippen LogP contribution in [0.2, 0.25) is 5.02 Å². The van der Waals surface area contributed by atoms with Crippen LogP contribution in [-0.4, -0.2) is 20.5 Å². The summed E-state index contributed by atoms with van der Waals surface area (Å²) in [5.41, 5.74) is -1.26. The number of amides is 1. The average Bonchev–Trinajstić information content (AvgIpc) is 2.87. The molecule has 0 saturated heterocycles.